The van der Waals surface area contributed by atoms with E-state index in [1.54, 1.807) is 0 Å². The van der Waals surface area contributed by atoms with Gasteiger partial charge in [0.15, 0.2) is 0 Å². The van der Waals surface area contributed by atoms with E-state index >= 15 is 0 Å². The Labute approximate surface area is 97.3 Å². The first-order chi connectivity index (χ1) is 7.77. The zero-order valence-corrected chi connectivity index (χ0v) is 9.57. The molecule has 1 aromatic rings. The van der Waals surface area contributed by atoms with Gasteiger partial charge in [-0.3, -0.25) is 0 Å². The minimum absolute atomic E-state index is 0.278. The number of nitrogens with one attached hydrogen (secondary N) is 1. The first-order valence-corrected chi connectivity index (χ1v) is 5.28. The summed E-state index contributed by atoms with van der Waals surface area (Å²) in [5.74, 6) is 3.30. The largest absolute Gasteiger partial charge is 0.481 e. The molecule has 0 heterocycles. The predicted molar refractivity (Wildman–Crippen MR) is 67.3 cm³/mol. The van der Waals surface area contributed by atoms with Gasteiger partial charge in [0.05, 0.1) is 0 Å². The standard InChI is InChI=1S/C14H17NO/c1-4-10-16-14-9-7-6-8-13(14)11-15-12(3)5-2/h1,5-9,12,15H,2,10-11H2,3H3. The third-order valence-electron chi connectivity index (χ3n) is 2.25. The molecule has 0 saturated heterocycles. The van der Waals surface area contributed by atoms with Crippen molar-refractivity contribution < 1.29 is 4.74 Å². The number of hydrogen-bond donors (Lipinski definition) is 1. The van der Waals surface area contributed by atoms with E-state index < -0.39 is 0 Å². The van der Waals surface area contributed by atoms with Gasteiger partial charge in [0.25, 0.3) is 0 Å². The first-order valence-electron chi connectivity index (χ1n) is 5.28. The van der Waals surface area contributed by atoms with Crippen molar-refractivity contribution in [2.24, 2.45) is 0 Å². The fraction of sp³-hybridized carbons (Fsp3) is 0.286. The van der Waals surface area contributed by atoms with Gasteiger partial charge in [-0.15, -0.1) is 13.0 Å². The third-order valence-corrected chi connectivity index (χ3v) is 2.25. The SMILES string of the molecule is C#CCOc1ccccc1CNC(C)C=C. The molecule has 84 valence electrons. The van der Waals surface area contributed by atoms with Crippen LogP contribution in [0.4, 0.5) is 0 Å². The Morgan fingerprint density at radius 2 is 2.31 bits per heavy atom. The Balaban J connectivity index is 2.63. The molecule has 0 aliphatic rings. The molecular weight excluding hydrogens is 198 g/mol. The highest BCUT2D eigenvalue weighted by Gasteiger charge is 2.03. The molecule has 0 aliphatic heterocycles. The van der Waals surface area contributed by atoms with Gasteiger partial charge in [-0.2, -0.15) is 0 Å². The van der Waals surface area contributed by atoms with Crippen LogP contribution in [0.2, 0.25) is 0 Å². The Hall–Kier alpha value is -1.72. The highest BCUT2D eigenvalue weighted by molar-refractivity contribution is 5.33. The van der Waals surface area contributed by atoms with Crippen LogP contribution in [0, 0.1) is 12.3 Å². The minimum Gasteiger partial charge on any atom is -0.481 e. The fourth-order valence-corrected chi connectivity index (χ4v) is 1.26. The average Bonchev–Trinajstić information content (AvgIpc) is 2.34. The molecular formula is C14H17NO. The summed E-state index contributed by atoms with van der Waals surface area (Å²) in [6, 6.07) is 8.15. The van der Waals surface area contributed by atoms with E-state index in [-0.39, 0.29) is 6.04 Å². The van der Waals surface area contributed by atoms with Crippen LogP contribution in [0.3, 0.4) is 0 Å². The topological polar surface area (TPSA) is 21.3 Å². The molecule has 0 amide bonds. The van der Waals surface area contributed by atoms with E-state index in [0.29, 0.717) is 6.61 Å². The van der Waals surface area contributed by atoms with Crippen molar-refractivity contribution >= 4 is 0 Å². The van der Waals surface area contributed by atoms with Gasteiger partial charge in [0.1, 0.15) is 12.4 Å². The summed E-state index contributed by atoms with van der Waals surface area (Å²) in [6.45, 7) is 6.82. The van der Waals surface area contributed by atoms with Gasteiger partial charge in [0, 0.05) is 18.2 Å². The summed E-state index contributed by atoms with van der Waals surface area (Å²) in [5.41, 5.74) is 1.10. The van der Waals surface area contributed by atoms with E-state index in [1.165, 1.54) is 0 Å². The maximum atomic E-state index is 5.45. The van der Waals surface area contributed by atoms with E-state index in [2.05, 4.69) is 24.7 Å². The molecule has 0 fully saturated rings. The van der Waals surface area contributed by atoms with Crippen LogP contribution in [0.15, 0.2) is 36.9 Å². The molecule has 1 rings (SSSR count). The summed E-state index contributed by atoms with van der Waals surface area (Å²) in [6.07, 6.45) is 7.03. The third kappa shape index (κ3) is 3.80. The Kier molecular flexibility index (Phi) is 5.18. The predicted octanol–water partition coefficient (Wildman–Crippen LogP) is 2.36. The second-order valence-corrected chi connectivity index (χ2v) is 3.51. The number of hydrogen-bond acceptors (Lipinski definition) is 2. The normalized spacial score (nSPS) is 11.5. The second-order valence-electron chi connectivity index (χ2n) is 3.51. The summed E-state index contributed by atoms with van der Waals surface area (Å²) in [5, 5.41) is 3.32. The summed E-state index contributed by atoms with van der Waals surface area (Å²) in [4.78, 5) is 0. The summed E-state index contributed by atoms with van der Waals surface area (Å²) < 4.78 is 5.45. The molecule has 0 aromatic heterocycles. The van der Waals surface area contributed by atoms with Crippen molar-refractivity contribution in [3.05, 3.63) is 42.5 Å². The van der Waals surface area contributed by atoms with Crippen LogP contribution < -0.4 is 10.1 Å². The van der Waals surface area contributed by atoms with Crippen molar-refractivity contribution in [2.45, 2.75) is 19.5 Å². The lowest BCUT2D eigenvalue weighted by atomic mass is 10.2. The van der Waals surface area contributed by atoms with Crippen molar-refractivity contribution in [3.8, 4) is 18.1 Å². The quantitative estimate of drug-likeness (QED) is 0.581. The van der Waals surface area contributed by atoms with Crippen LogP contribution in [-0.4, -0.2) is 12.6 Å². The van der Waals surface area contributed by atoms with E-state index in [4.69, 9.17) is 11.2 Å². The Bertz CT molecular complexity index is 379. The summed E-state index contributed by atoms with van der Waals surface area (Å²) in [7, 11) is 0. The number of ether oxygens (including phenoxy) is 1. The molecule has 0 radical (unpaired) electrons. The van der Waals surface area contributed by atoms with Crippen molar-refractivity contribution in [1.29, 1.82) is 0 Å². The first kappa shape index (κ1) is 12.4. The van der Waals surface area contributed by atoms with Crippen molar-refractivity contribution in [3.63, 3.8) is 0 Å². The smallest absolute Gasteiger partial charge is 0.148 e. The Morgan fingerprint density at radius 3 is 3.00 bits per heavy atom. The van der Waals surface area contributed by atoms with Gasteiger partial charge >= 0.3 is 0 Å². The van der Waals surface area contributed by atoms with Crippen molar-refractivity contribution in [1.82, 2.24) is 5.32 Å². The Morgan fingerprint density at radius 1 is 1.56 bits per heavy atom. The van der Waals surface area contributed by atoms with Crippen LogP contribution in [0.1, 0.15) is 12.5 Å². The molecule has 0 spiro atoms. The van der Waals surface area contributed by atoms with E-state index in [0.717, 1.165) is 17.9 Å². The molecule has 1 unspecified atom stereocenters. The van der Waals surface area contributed by atoms with Crippen LogP contribution in [0.25, 0.3) is 0 Å². The average molecular weight is 215 g/mol. The van der Waals surface area contributed by atoms with Crippen molar-refractivity contribution in [2.75, 3.05) is 6.61 Å². The number of para-hydroxylation sites is 1. The zero-order chi connectivity index (χ0) is 11.8. The molecule has 0 aliphatic carbocycles. The molecule has 0 saturated carbocycles. The lowest BCUT2D eigenvalue weighted by Gasteiger charge is -2.12. The zero-order valence-electron chi connectivity index (χ0n) is 9.57. The molecule has 0 bridgehead atoms. The second kappa shape index (κ2) is 6.71. The van der Waals surface area contributed by atoms with Gasteiger partial charge in [0.2, 0.25) is 0 Å². The summed E-state index contributed by atoms with van der Waals surface area (Å²) >= 11 is 0. The molecule has 2 nitrogen and oxygen atoms in total. The molecule has 1 atom stereocenters. The van der Waals surface area contributed by atoms with Crippen LogP contribution in [-0.2, 0) is 6.54 Å². The number of terminal acetylenes is 1. The van der Waals surface area contributed by atoms with Crippen LogP contribution in [0.5, 0.6) is 5.75 Å². The van der Waals surface area contributed by atoms with Gasteiger partial charge < -0.3 is 10.1 Å². The lowest BCUT2D eigenvalue weighted by molar-refractivity contribution is 0.364. The highest BCUT2D eigenvalue weighted by Crippen LogP contribution is 2.17. The molecule has 1 aromatic carbocycles. The van der Waals surface area contributed by atoms with Gasteiger partial charge in [-0.25, -0.2) is 0 Å². The highest BCUT2D eigenvalue weighted by atomic mass is 16.5. The maximum absolute atomic E-state index is 5.45. The minimum atomic E-state index is 0.278. The van der Waals surface area contributed by atoms with Gasteiger partial charge in [-0.05, 0) is 13.0 Å². The van der Waals surface area contributed by atoms with E-state index in [9.17, 15) is 0 Å². The lowest BCUT2D eigenvalue weighted by Crippen LogP contribution is -2.23. The fourth-order valence-electron chi connectivity index (χ4n) is 1.26. The van der Waals surface area contributed by atoms with Crippen LogP contribution >= 0.6 is 0 Å². The maximum Gasteiger partial charge on any atom is 0.148 e. The number of rotatable bonds is 6. The molecule has 1 N–H and O–H groups in total. The van der Waals surface area contributed by atoms with E-state index in [1.807, 2.05) is 30.3 Å². The monoisotopic (exact) mass is 215 g/mol. The number of benzene rings is 1. The van der Waals surface area contributed by atoms with Gasteiger partial charge in [-0.1, -0.05) is 30.2 Å². The molecule has 2 heteroatoms. The molecule has 16 heavy (non-hydrogen) atoms.